The van der Waals surface area contributed by atoms with Crippen LogP contribution in [0.3, 0.4) is 0 Å². The van der Waals surface area contributed by atoms with Gasteiger partial charge in [0.2, 0.25) is 11.8 Å². The molecule has 146 valence electrons. The van der Waals surface area contributed by atoms with Crippen LogP contribution in [-0.2, 0) is 9.59 Å². The second kappa shape index (κ2) is 10.4. The van der Waals surface area contributed by atoms with E-state index in [-0.39, 0.29) is 30.1 Å². The van der Waals surface area contributed by atoms with Crippen molar-refractivity contribution in [3.05, 3.63) is 24.3 Å². The number of amides is 2. The lowest BCUT2D eigenvalue weighted by atomic mass is 9.99. The number of carbonyl (C=O) groups is 2. The minimum Gasteiger partial charge on any atom is -0.371 e. The van der Waals surface area contributed by atoms with Crippen molar-refractivity contribution in [3.8, 4) is 0 Å². The first-order valence-electron chi connectivity index (χ1n) is 9.14. The van der Waals surface area contributed by atoms with E-state index in [1.807, 2.05) is 32.0 Å². The van der Waals surface area contributed by atoms with Crippen molar-refractivity contribution in [2.75, 3.05) is 23.3 Å². The van der Waals surface area contributed by atoms with Crippen LogP contribution in [0.1, 0.15) is 40.0 Å². The highest BCUT2D eigenvalue weighted by Gasteiger charge is 2.23. The van der Waals surface area contributed by atoms with Crippen molar-refractivity contribution in [2.24, 2.45) is 11.7 Å². The first kappa shape index (κ1) is 22.3. The Bertz CT molecular complexity index is 605. The molecule has 1 aliphatic rings. The summed E-state index contributed by atoms with van der Waals surface area (Å²) in [6.45, 7) is 7.69. The number of nitrogens with two attached hydrogens (primary N) is 1. The lowest BCUT2D eigenvalue weighted by molar-refractivity contribution is -0.127. The molecule has 0 aliphatic carbocycles. The summed E-state index contributed by atoms with van der Waals surface area (Å²) in [7, 11) is 0. The number of carbonyl (C=O) groups excluding carboxylic acids is 2. The number of rotatable bonds is 7. The molecular formula is C19H31ClN4O2. The summed E-state index contributed by atoms with van der Waals surface area (Å²) in [4.78, 5) is 26.8. The second-order valence-electron chi connectivity index (χ2n) is 6.88. The predicted molar refractivity (Wildman–Crippen MR) is 109 cm³/mol. The molecule has 7 heteroatoms. The number of hydrogen-bond acceptors (Lipinski definition) is 4. The quantitative estimate of drug-likeness (QED) is 0.676. The summed E-state index contributed by atoms with van der Waals surface area (Å²) in [6, 6.07) is 6.58. The fraction of sp³-hybridized carbons (Fsp3) is 0.579. The van der Waals surface area contributed by atoms with Crippen molar-refractivity contribution in [1.29, 1.82) is 0 Å². The summed E-state index contributed by atoms with van der Waals surface area (Å²) in [6.07, 6.45) is 3.23. The van der Waals surface area contributed by atoms with Crippen LogP contribution in [0.15, 0.2) is 24.3 Å². The minimum absolute atomic E-state index is 0. The third kappa shape index (κ3) is 5.88. The van der Waals surface area contributed by atoms with Gasteiger partial charge in [0.25, 0.3) is 0 Å². The summed E-state index contributed by atoms with van der Waals surface area (Å²) in [5.74, 6) is -0.460. The molecule has 1 aromatic carbocycles. The lowest BCUT2D eigenvalue weighted by Gasteiger charge is -2.21. The molecule has 3 atom stereocenters. The van der Waals surface area contributed by atoms with Gasteiger partial charge in [0, 0.05) is 24.5 Å². The molecule has 0 saturated carbocycles. The molecule has 2 amide bonds. The van der Waals surface area contributed by atoms with Gasteiger partial charge in [-0.25, -0.2) is 0 Å². The van der Waals surface area contributed by atoms with Crippen molar-refractivity contribution in [3.63, 3.8) is 0 Å². The van der Waals surface area contributed by atoms with E-state index in [9.17, 15) is 9.59 Å². The Morgan fingerprint density at radius 2 is 1.85 bits per heavy atom. The number of benzene rings is 1. The van der Waals surface area contributed by atoms with E-state index >= 15 is 0 Å². The highest BCUT2D eigenvalue weighted by molar-refractivity contribution is 5.97. The summed E-state index contributed by atoms with van der Waals surface area (Å²) < 4.78 is 0. The van der Waals surface area contributed by atoms with E-state index < -0.39 is 12.1 Å². The van der Waals surface area contributed by atoms with Crippen LogP contribution in [0.25, 0.3) is 0 Å². The van der Waals surface area contributed by atoms with Crippen molar-refractivity contribution >= 4 is 35.6 Å². The summed E-state index contributed by atoms with van der Waals surface area (Å²) in [5.41, 5.74) is 7.77. The maximum absolute atomic E-state index is 12.4. The van der Waals surface area contributed by atoms with Crippen molar-refractivity contribution < 1.29 is 9.59 Å². The normalized spacial score (nSPS) is 17.0. The van der Waals surface area contributed by atoms with Crippen LogP contribution in [0.2, 0.25) is 0 Å². The van der Waals surface area contributed by atoms with Crippen LogP contribution in [0.4, 0.5) is 11.4 Å². The van der Waals surface area contributed by atoms with Crippen LogP contribution in [0.5, 0.6) is 0 Å². The number of halogens is 1. The molecule has 1 aromatic rings. The highest BCUT2D eigenvalue weighted by atomic mass is 35.5. The van der Waals surface area contributed by atoms with Gasteiger partial charge in [-0.15, -0.1) is 12.4 Å². The number of nitrogens with one attached hydrogen (secondary N) is 2. The molecule has 1 fully saturated rings. The van der Waals surface area contributed by atoms with E-state index in [2.05, 4.69) is 21.6 Å². The molecule has 1 saturated heterocycles. The Hall–Kier alpha value is -1.79. The molecule has 0 radical (unpaired) electrons. The largest absolute Gasteiger partial charge is 0.371 e. The summed E-state index contributed by atoms with van der Waals surface area (Å²) >= 11 is 0. The maximum Gasteiger partial charge on any atom is 0.246 e. The lowest BCUT2D eigenvalue weighted by Crippen LogP contribution is -2.50. The Labute approximate surface area is 162 Å². The van der Waals surface area contributed by atoms with E-state index in [0.29, 0.717) is 0 Å². The topological polar surface area (TPSA) is 87.5 Å². The summed E-state index contributed by atoms with van der Waals surface area (Å²) in [5, 5.41) is 5.57. The molecule has 26 heavy (non-hydrogen) atoms. The first-order chi connectivity index (χ1) is 11.9. The van der Waals surface area contributed by atoms with Crippen molar-refractivity contribution in [1.82, 2.24) is 5.32 Å². The third-order valence-corrected chi connectivity index (χ3v) is 4.90. The van der Waals surface area contributed by atoms with Gasteiger partial charge in [0.05, 0.1) is 6.04 Å². The maximum atomic E-state index is 12.4. The zero-order valence-corrected chi connectivity index (χ0v) is 16.6. The molecule has 1 aliphatic heterocycles. The number of nitrogens with zero attached hydrogens (tertiary/aromatic N) is 1. The number of hydrogen-bond donors (Lipinski definition) is 3. The molecule has 1 heterocycles. The van der Waals surface area contributed by atoms with Gasteiger partial charge in [-0.1, -0.05) is 26.3 Å². The monoisotopic (exact) mass is 382 g/mol. The molecule has 3 unspecified atom stereocenters. The number of anilines is 2. The first-order valence-corrected chi connectivity index (χ1v) is 9.14. The Balaban J connectivity index is 0.00000338. The van der Waals surface area contributed by atoms with Gasteiger partial charge < -0.3 is 21.3 Å². The van der Waals surface area contributed by atoms with Crippen LogP contribution < -0.4 is 21.3 Å². The Morgan fingerprint density at radius 3 is 2.46 bits per heavy atom. The van der Waals surface area contributed by atoms with Gasteiger partial charge >= 0.3 is 0 Å². The predicted octanol–water partition coefficient (Wildman–Crippen LogP) is 2.53. The molecule has 2 rings (SSSR count). The highest BCUT2D eigenvalue weighted by Crippen LogP contribution is 2.23. The zero-order valence-electron chi connectivity index (χ0n) is 15.8. The van der Waals surface area contributed by atoms with Gasteiger partial charge in [0.1, 0.15) is 6.04 Å². The van der Waals surface area contributed by atoms with E-state index in [4.69, 9.17) is 5.73 Å². The fourth-order valence-electron chi connectivity index (χ4n) is 2.89. The smallest absolute Gasteiger partial charge is 0.246 e. The van der Waals surface area contributed by atoms with Crippen LogP contribution in [0, 0.1) is 5.92 Å². The fourth-order valence-corrected chi connectivity index (χ4v) is 2.89. The standard InChI is InChI=1S/C19H30N4O2.ClH/c1-4-13(2)17(20)19(25)21-14(3)18(24)22-15-8-7-9-16(12-15)23-10-5-6-11-23;/h7-9,12-14,17H,4-6,10-11,20H2,1-3H3,(H,21,25)(H,22,24);1H. The van der Waals surface area contributed by atoms with Gasteiger partial charge in [0.15, 0.2) is 0 Å². The molecule has 6 nitrogen and oxygen atoms in total. The van der Waals surface area contributed by atoms with Crippen LogP contribution >= 0.6 is 12.4 Å². The molecule has 0 bridgehead atoms. The Kier molecular flexibility index (Phi) is 8.88. The van der Waals surface area contributed by atoms with E-state index in [1.165, 1.54) is 12.8 Å². The minimum atomic E-state index is -0.641. The average molecular weight is 383 g/mol. The zero-order chi connectivity index (χ0) is 18.4. The molecule has 0 spiro atoms. The van der Waals surface area contributed by atoms with Crippen LogP contribution in [-0.4, -0.2) is 37.0 Å². The van der Waals surface area contributed by atoms with E-state index in [1.54, 1.807) is 6.92 Å². The SMILES string of the molecule is CCC(C)C(N)C(=O)NC(C)C(=O)Nc1cccc(N2CCCC2)c1.Cl. The molecule has 4 N–H and O–H groups in total. The van der Waals surface area contributed by atoms with E-state index in [0.717, 1.165) is 30.9 Å². The Morgan fingerprint density at radius 1 is 1.19 bits per heavy atom. The van der Waals surface area contributed by atoms with Crippen molar-refractivity contribution in [2.45, 2.75) is 52.1 Å². The second-order valence-corrected chi connectivity index (χ2v) is 6.88. The van der Waals surface area contributed by atoms with Gasteiger partial charge in [-0.05, 0) is 43.9 Å². The average Bonchev–Trinajstić information content (AvgIpc) is 3.15. The third-order valence-electron chi connectivity index (χ3n) is 4.90. The molecular weight excluding hydrogens is 352 g/mol. The van der Waals surface area contributed by atoms with Gasteiger partial charge in [-0.2, -0.15) is 0 Å². The molecule has 0 aromatic heterocycles. The van der Waals surface area contributed by atoms with Gasteiger partial charge in [-0.3, -0.25) is 9.59 Å².